The average Bonchev–Trinajstić information content (AvgIpc) is 2.41. The van der Waals surface area contributed by atoms with Gasteiger partial charge < -0.3 is 5.32 Å². The van der Waals surface area contributed by atoms with Gasteiger partial charge in [0.05, 0.1) is 6.04 Å². The Labute approximate surface area is 134 Å². The molecular weight excluding hydrogens is 357 g/mol. The van der Waals surface area contributed by atoms with Gasteiger partial charge in [-0.15, -0.1) is 0 Å². The summed E-state index contributed by atoms with van der Waals surface area (Å²) in [6.07, 6.45) is 4.07. The zero-order valence-corrected chi connectivity index (χ0v) is 13.9. The molecule has 3 rings (SSSR count). The van der Waals surface area contributed by atoms with Crippen molar-refractivity contribution < 1.29 is 0 Å². The molecule has 1 atom stereocenters. The number of nitrogens with one attached hydrogen (secondary N) is 1. The molecule has 0 aromatic heterocycles. The first-order valence-corrected chi connectivity index (χ1v) is 8.39. The summed E-state index contributed by atoms with van der Waals surface area (Å²) in [5.41, 5.74) is 4.36. The molecule has 0 bridgehead atoms. The van der Waals surface area contributed by atoms with Gasteiger partial charge in [0, 0.05) is 3.57 Å². The highest BCUT2D eigenvalue weighted by Crippen LogP contribution is 2.40. The topological polar surface area (TPSA) is 12.0 Å². The molecule has 20 heavy (non-hydrogen) atoms. The highest BCUT2D eigenvalue weighted by atomic mass is 127. The predicted octanol–water partition coefficient (Wildman–Crippen LogP) is 4.87. The van der Waals surface area contributed by atoms with Crippen LogP contribution in [0.2, 0.25) is 0 Å². The van der Waals surface area contributed by atoms with Gasteiger partial charge >= 0.3 is 0 Å². The first kappa shape index (κ1) is 14.1. The van der Waals surface area contributed by atoms with Crippen molar-refractivity contribution >= 4 is 22.6 Å². The summed E-state index contributed by atoms with van der Waals surface area (Å²) in [6.45, 7) is 0. The Morgan fingerprint density at radius 1 is 1.00 bits per heavy atom. The first-order valence-electron chi connectivity index (χ1n) is 7.31. The Balaban J connectivity index is 2.03. The molecule has 1 aliphatic carbocycles. The third-order valence-electron chi connectivity index (χ3n) is 4.36. The zero-order valence-electron chi connectivity index (χ0n) is 11.8. The number of hydrogen-bond acceptors (Lipinski definition) is 1. The van der Waals surface area contributed by atoms with Gasteiger partial charge in [-0.25, -0.2) is 0 Å². The van der Waals surface area contributed by atoms with E-state index in [2.05, 4.69) is 83.5 Å². The molecule has 1 aliphatic rings. The Hall–Kier alpha value is -0.870. The smallest absolute Gasteiger partial charge is 0.0587 e. The fourth-order valence-corrected chi connectivity index (χ4v) is 3.75. The molecule has 0 heterocycles. The van der Waals surface area contributed by atoms with E-state index < -0.39 is 0 Å². The number of rotatable bonds is 4. The van der Waals surface area contributed by atoms with Crippen LogP contribution in [0.4, 0.5) is 0 Å². The van der Waals surface area contributed by atoms with Crippen molar-refractivity contribution in [3.05, 3.63) is 68.8 Å². The van der Waals surface area contributed by atoms with Crippen molar-refractivity contribution in [3.63, 3.8) is 0 Å². The minimum atomic E-state index is 0.292. The zero-order chi connectivity index (χ0) is 13.9. The van der Waals surface area contributed by atoms with E-state index in [-0.39, 0.29) is 0 Å². The molecule has 1 saturated carbocycles. The standard InChI is InChI=1S/C18H20IN/c1-20-18(16-11-4-5-12-17(16)19)15-10-3-2-9-14(15)13-7-6-8-13/h2-5,9-13,18,20H,6-8H2,1H3. The second kappa shape index (κ2) is 6.27. The minimum Gasteiger partial charge on any atom is -0.309 e. The third-order valence-corrected chi connectivity index (χ3v) is 5.34. The lowest BCUT2D eigenvalue weighted by atomic mass is 9.76. The fraction of sp³-hybridized carbons (Fsp3) is 0.333. The molecule has 104 valence electrons. The molecule has 0 saturated heterocycles. The molecule has 2 heteroatoms. The lowest BCUT2D eigenvalue weighted by Gasteiger charge is -2.31. The SMILES string of the molecule is CNC(c1ccccc1I)c1ccccc1C1CCC1. The van der Waals surface area contributed by atoms with E-state index in [1.807, 2.05) is 0 Å². The summed E-state index contributed by atoms with van der Waals surface area (Å²) in [5, 5.41) is 3.51. The van der Waals surface area contributed by atoms with E-state index in [9.17, 15) is 0 Å². The largest absolute Gasteiger partial charge is 0.309 e. The van der Waals surface area contributed by atoms with Crippen LogP contribution >= 0.6 is 22.6 Å². The molecule has 0 radical (unpaired) electrons. The molecule has 1 unspecified atom stereocenters. The predicted molar refractivity (Wildman–Crippen MR) is 93.1 cm³/mol. The molecule has 1 N–H and O–H groups in total. The van der Waals surface area contributed by atoms with Gasteiger partial charge in [0.2, 0.25) is 0 Å². The molecule has 2 aromatic rings. The molecule has 1 nitrogen and oxygen atoms in total. The normalized spacial score (nSPS) is 16.7. The van der Waals surface area contributed by atoms with Gasteiger partial charge in [-0.3, -0.25) is 0 Å². The van der Waals surface area contributed by atoms with Crippen LogP contribution in [-0.2, 0) is 0 Å². The third kappa shape index (κ3) is 2.63. The Morgan fingerprint density at radius 2 is 1.65 bits per heavy atom. The fourth-order valence-electron chi connectivity index (χ4n) is 3.05. The van der Waals surface area contributed by atoms with E-state index in [1.54, 1.807) is 0 Å². The number of benzene rings is 2. The van der Waals surface area contributed by atoms with Crippen LogP contribution in [0.1, 0.15) is 47.9 Å². The maximum Gasteiger partial charge on any atom is 0.0587 e. The van der Waals surface area contributed by atoms with Crippen molar-refractivity contribution in [3.8, 4) is 0 Å². The number of hydrogen-bond donors (Lipinski definition) is 1. The van der Waals surface area contributed by atoms with Crippen LogP contribution in [0.3, 0.4) is 0 Å². The van der Waals surface area contributed by atoms with Crippen LogP contribution in [-0.4, -0.2) is 7.05 Å². The molecule has 0 spiro atoms. The van der Waals surface area contributed by atoms with Crippen LogP contribution in [0.5, 0.6) is 0 Å². The maximum atomic E-state index is 3.51. The summed E-state index contributed by atoms with van der Waals surface area (Å²) in [6, 6.07) is 17.9. The molecular formula is C18H20IN. The van der Waals surface area contributed by atoms with Gasteiger partial charge in [-0.2, -0.15) is 0 Å². The Bertz CT molecular complexity index is 589. The lowest BCUT2D eigenvalue weighted by molar-refractivity contribution is 0.415. The van der Waals surface area contributed by atoms with Gasteiger partial charge in [0.25, 0.3) is 0 Å². The van der Waals surface area contributed by atoms with Gasteiger partial charge in [0.15, 0.2) is 0 Å². The van der Waals surface area contributed by atoms with E-state index in [1.165, 1.54) is 39.5 Å². The summed E-state index contributed by atoms with van der Waals surface area (Å²) in [5.74, 6) is 0.767. The summed E-state index contributed by atoms with van der Waals surface area (Å²) >= 11 is 2.44. The monoisotopic (exact) mass is 377 g/mol. The van der Waals surface area contributed by atoms with Crippen molar-refractivity contribution in [2.45, 2.75) is 31.2 Å². The Kier molecular flexibility index (Phi) is 4.41. The van der Waals surface area contributed by atoms with Crippen LogP contribution < -0.4 is 5.32 Å². The molecule has 1 fully saturated rings. The first-order chi connectivity index (χ1) is 9.81. The molecule has 2 aromatic carbocycles. The molecule has 0 amide bonds. The van der Waals surface area contributed by atoms with Crippen molar-refractivity contribution in [1.29, 1.82) is 0 Å². The number of halogens is 1. The quantitative estimate of drug-likeness (QED) is 0.750. The minimum absolute atomic E-state index is 0.292. The second-order valence-corrected chi connectivity index (χ2v) is 6.66. The maximum absolute atomic E-state index is 3.51. The molecule has 0 aliphatic heterocycles. The summed E-state index contributed by atoms with van der Waals surface area (Å²) < 4.78 is 1.33. The highest BCUT2D eigenvalue weighted by molar-refractivity contribution is 14.1. The average molecular weight is 377 g/mol. The van der Waals surface area contributed by atoms with Crippen LogP contribution in [0.15, 0.2) is 48.5 Å². The van der Waals surface area contributed by atoms with Crippen molar-refractivity contribution in [2.75, 3.05) is 7.05 Å². The van der Waals surface area contributed by atoms with E-state index in [4.69, 9.17) is 0 Å². The Morgan fingerprint density at radius 3 is 2.25 bits per heavy atom. The summed E-state index contributed by atoms with van der Waals surface area (Å²) in [7, 11) is 2.06. The lowest BCUT2D eigenvalue weighted by Crippen LogP contribution is -2.22. The van der Waals surface area contributed by atoms with Gasteiger partial charge in [-0.1, -0.05) is 48.9 Å². The highest BCUT2D eigenvalue weighted by Gasteiger charge is 2.25. The van der Waals surface area contributed by atoms with Gasteiger partial charge in [0.1, 0.15) is 0 Å². The van der Waals surface area contributed by atoms with Crippen LogP contribution in [0, 0.1) is 3.57 Å². The van der Waals surface area contributed by atoms with Crippen molar-refractivity contribution in [1.82, 2.24) is 5.32 Å². The van der Waals surface area contributed by atoms with Gasteiger partial charge in [-0.05, 0) is 71.2 Å². The second-order valence-electron chi connectivity index (χ2n) is 5.50. The van der Waals surface area contributed by atoms with Crippen molar-refractivity contribution in [2.24, 2.45) is 0 Å². The van der Waals surface area contributed by atoms with E-state index in [0.29, 0.717) is 6.04 Å². The van der Waals surface area contributed by atoms with E-state index >= 15 is 0 Å². The van der Waals surface area contributed by atoms with Crippen LogP contribution in [0.25, 0.3) is 0 Å². The van der Waals surface area contributed by atoms with E-state index in [0.717, 1.165) is 5.92 Å². The summed E-state index contributed by atoms with van der Waals surface area (Å²) in [4.78, 5) is 0.